The zero-order valence-electron chi connectivity index (χ0n) is 10.3. The highest BCUT2D eigenvalue weighted by atomic mass is 16.4. The standard InChI is InChI=1S/C13H15N5O/c14-13(18-19)11-4-1-3-10(7-11)8-15-9-12-5-2-6-16-17-12/h1-7,15,19H,8-9H2,(H2,14,18). The van der Waals surface area contributed by atoms with Crippen LogP contribution in [0.15, 0.2) is 47.8 Å². The number of amidine groups is 1. The Labute approximate surface area is 111 Å². The minimum absolute atomic E-state index is 0.107. The van der Waals surface area contributed by atoms with Crippen LogP contribution in [-0.4, -0.2) is 21.2 Å². The fraction of sp³-hybridized carbons (Fsp3) is 0.154. The summed E-state index contributed by atoms with van der Waals surface area (Å²) < 4.78 is 0. The van der Waals surface area contributed by atoms with Crippen LogP contribution >= 0.6 is 0 Å². The van der Waals surface area contributed by atoms with Crippen LogP contribution in [0.25, 0.3) is 0 Å². The van der Waals surface area contributed by atoms with Gasteiger partial charge in [0.2, 0.25) is 0 Å². The van der Waals surface area contributed by atoms with Crippen LogP contribution in [0.1, 0.15) is 16.8 Å². The summed E-state index contributed by atoms with van der Waals surface area (Å²) in [5.41, 5.74) is 8.17. The summed E-state index contributed by atoms with van der Waals surface area (Å²) >= 11 is 0. The van der Waals surface area contributed by atoms with E-state index < -0.39 is 0 Å². The van der Waals surface area contributed by atoms with Gasteiger partial charge in [-0.15, -0.1) is 0 Å². The molecule has 0 amide bonds. The van der Waals surface area contributed by atoms with Crippen molar-refractivity contribution < 1.29 is 5.21 Å². The van der Waals surface area contributed by atoms with Crippen molar-refractivity contribution in [1.29, 1.82) is 0 Å². The maximum atomic E-state index is 8.64. The van der Waals surface area contributed by atoms with Gasteiger partial charge in [-0.1, -0.05) is 23.4 Å². The average Bonchev–Trinajstić information content (AvgIpc) is 2.48. The third-order valence-corrected chi connectivity index (χ3v) is 2.59. The molecule has 1 aromatic heterocycles. The first-order valence-electron chi connectivity index (χ1n) is 5.84. The minimum atomic E-state index is 0.107. The van der Waals surface area contributed by atoms with E-state index in [2.05, 4.69) is 20.7 Å². The van der Waals surface area contributed by atoms with E-state index in [9.17, 15) is 0 Å². The molecule has 1 aromatic carbocycles. The topological polar surface area (TPSA) is 96.4 Å². The second kappa shape index (κ2) is 6.46. The third-order valence-electron chi connectivity index (χ3n) is 2.59. The molecule has 0 atom stereocenters. The quantitative estimate of drug-likeness (QED) is 0.319. The molecule has 2 aromatic rings. The molecule has 0 spiro atoms. The van der Waals surface area contributed by atoms with Crippen molar-refractivity contribution in [2.24, 2.45) is 10.9 Å². The lowest BCUT2D eigenvalue weighted by molar-refractivity contribution is 0.318. The normalized spacial score (nSPS) is 11.5. The van der Waals surface area contributed by atoms with Gasteiger partial charge in [0.05, 0.1) is 5.69 Å². The molecule has 0 aliphatic carbocycles. The zero-order chi connectivity index (χ0) is 13.5. The number of hydrogen-bond donors (Lipinski definition) is 3. The lowest BCUT2D eigenvalue weighted by Gasteiger charge is -2.06. The SMILES string of the molecule is N/C(=N/O)c1cccc(CNCc2cccnn2)c1. The van der Waals surface area contributed by atoms with Gasteiger partial charge in [-0.05, 0) is 23.8 Å². The van der Waals surface area contributed by atoms with Gasteiger partial charge in [0, 0.05) is 24.8 Å². The molecule has 2 rings (SSSR count). The fourth-order valence-electron chi connectivity index (χ4n) is 1.66. The lowest BCUT2D eigenvalue weighted by Crippen LogP contribution is -2.16. The first kappa shape index (κ1) is 13.0. The molecule has 0 radical (unpaired) electrons. The molecule has 6 nitrogen and oxygen atoms in total. The van der Waals surface area contributed by atoms with Crippen molar-refractivity contribution in [1.82, 2.24) is 15.5 Å². The largest absolute Gasteiger partial charge is 0.409 e. The van der Waals surface area contributed by atoms with Crippen LogP contribution in [0.3, 0.4) is 0 Å². The summed E-state index contributed by atoms with van der Waals surface area (Å²) in [4.78, 5) is 0. The average molecular weight is 257 g/mol. The van der Waals surface area contributed by atoms with Gasteiger partial charge in [-0.2, -0.15) is 10.2 Å². The van der Waals surface area contributed by atoms with Crippen molar-refractivity contribution in [2.45, 2.75) is 13.1 Å². The monoisotopic (exact) mass is 257 g/mol. The van der Waals surface area contributed by atoms with Crippen molar-refractivity contribution in [3.63, 3.8) is 0 Å². The van der Waals surface area contributed by atoms with Crippen LogP contribution in [0.2, 0.25) is 0 Å². The molecule has 6 heteroatoms. The van der Waals surface area contributed by atoms with Gasteiger partial charge in [0.25, 0.3) is 0 Å². The van der Waals surface area contributed by atoms with Crippen LogP contribution < -0.4 is 11.1 Å². The number of oxime groups is 1. The van der Waals surface area contributed by atoms with E-state index in [0.29, 0.717) is 18.7 Å². The van der Waals surface area contributed by atoms with E-state index in [0.717, 1.165) is 11.3 Å². The number of nitrogens with two attached hydrogens (primary N) is 1. The summed E-state index contributed by atoms with van der Waals surface area (Å²) in [6.45, 7) is 1.31. The molecular formula is C13H15N5O. The number of benzene rings is 1. The van der Waals surface area contributed by atoms with Crippen molar-refractivity contribution in [3.8, 4) is 0 Å². The third kappa shape index (κ3) is 3.75. The Bertz CT molecular complexity index is 556. The Hall–Kier alpha value is -2.47. The van der Waals surface area contributed by atoms with E-state index >= 15 is 0 Å². The van der Waals surface area contributed by atoms with Crippen molar-refractivity contribution >= 4 is 5.84 Å². The number of rotatable bonds is 5. The Morgan fingerprint density at radius 2 is 2.16 bits per heavy atom. The summed E-state index contributed by atoms with van der Waals surface area (Å²) in [5.74, 6) is 0.107. The molecule has 4 N–H and O–H groups in total. The zero-order valence-corrected chi connectivity index (χ0v) is 10.3. The molecule has 0 bridgehead atoms. The Morgan fingerprint density at radius 3 is 2.89 bits per heavy atom. The molecule has 0 saturated heterocycles. The fourth-order valence-corrected chi connectivity index (χ4v) is 1.66. The smallest absolute Gasteiger partial charge is 0.170 e. The van der Waals surface area contributed by atoms with Crippen molar-refractivity contribution in [2.75, 3.05) is 0 Å². The molecule has 0 fully saturated rings. The summed E-state index contributed by atoms with van der Waals surface area (Å²) in [6.07, 6.45) is 1.64. The van der Waals surface area contributed by atoms with Crippen LogP contribution in [0.4, 0.5) is 0 Å². The number of hydrogen-bond acceptors (Lipinski definition) is 5. The minimum Gasteiger partial charge on any atom is -0.409 e. The molecule has 0 unspecified atom stereocenters. The Kier molecular flexibility index (Phi) is 4.41. The van der Waals surface area contributed by atoms with Crippen molar-refractivity contribution in [3.05, 3.63) is 59.4 Å². The van der Waals surface area contributed by atoms with E-state index in [1.807, 2.05) is 30.3 Å². The Morgan fingerprint density at radius 1 is 1.26 bits per heavy atom. The molecular weight excluding hydrogens is 242 g/mol. The maximum absolute atomic E-state index is 8.64. The lowest BCUT2D eigenvalue weighted by atomic mass is 10.1. The van der Waals surface area contributed by atoms with Gasteiger partial charge < -0.3 is 16.3 Å². The molecule has 98 valence electrons. The Balaban J connectivity index is 1.93. The van der Waals surface area contributed by atoms with Gasteiger partial charge in [-0.25, -0.2) is 0 Å². The van der Waals surface area contributed by atoms with Crippen LogP contribution in [-0.2, 0) is 13.1 Å². The summed E-state index contributed by atoms with van der Waals surface area (Å²) in [7, 11) is 0. The highest BCUT2D eigenvalue weighted by Crippen LogP contribution is 2.05. The predicted molar refractivity (Wildman–Crippen MR) is 71.5 cm³/mol. The molecule has 19 heavy (non-hydrogen) atoms. The molecule has 0 saturated carbocycles. The molecule has 0 aliphatic heterocycles. The maximum Gasteiger partial charge on any atom is 0.170 e. The summed E-state index contributed by atoms with van der Waals surface area (Å²) in [6, 6.07) is 11.3. The van der Waals surface area contributed by atoms with Gasteiger partial charge in [-0.3, -0.25) is 0 Å². The highest BCUT2D eigenvalue weighted by molar-refractivity contribution is 5.97. The second-order valence-electron chi connectivity index (χ2n) is 4.00. The number of aromatic nitrogens is 2. The second-order valence-corrected chi connectivity index (χ2v) is 4.00. The van der Waals surface area contributed by atoms with E-state index in [4.69, 9.17) is 10.9 Å². The first-order valence-corrected chi connectivity index (χ1v) is 5.84. The predicted octanol–water partition coefficient (Wildman–Crippen LogP) is 0.861. The number of nitrogens with one attached hydrogen (secondary N) is 1. The van der Waals surface area contributed by atoms with Gasteiger partial charge in [0.1, 0.15) is 0 Å². The first-order chi connectivity index (χ1) is 9.29. The highest BCUT2D eigenvalue weighted by Gasteiger charge is 2.00. The van der Waals surface area contributed by atoms with E-state index in [1.54, 1.807) is 12.3 Å². The van der Waals surface area contributed by atoms with E-state index in [1.165, 1.54) is 0 Å². The van der Waals surface area contributed by atoms with Crippen LogP contribution in [0, 0.1) is 0 Å². The summed E-state index contributed by atoms with van der Waals surface area (Å²) in [5, 5.41) is 22.7. The van der Waals surface area contributed by atoms with Crippen LogP contribution in [0.5, 0.6) is 0 Å². The molecule has 0 aliphatic rings. The van der Waals surface area contributed by atoms with Gasteiger partial charge in [0.15, 0.2) is 5.84 Å². The molecule has 1 heterocycles. The van der Waals surface area contributed by atoms with Gasteiger partial charge >= 0.3 is 0 Å². The van der Waals surface area contributed by atoms with E-state index in [-0.39, 0.29) is 5.84 Å². The number of nitrogens with zero attached hydrogens (tertiary/aromatic N) is 3.